The second-order valence-electron chi connectivity index (χ2n) is 5.55. The van der Waals surface area contributed by atoms with Gasteiger partial charge in [0.1, 0.15) is 5.56 Å². The summed E-state index contributed by atoms with van der Waals surface area (Å²) in [6.07, 6.45) is 3.91. The van der Waals surface area contributed by atoms with E-state index in [2.05, 4.69) is 5.32 Å². The average molecular weight is 311 g/mol. The van der Waals surface area contributed by atoms with Crippen LogP contribution in [0.1, 0.15) is 41.6 Å². The molecule has 114 valence electrons. The molecule has 0 unspecified atom stereocenters. The molecule has 1 N–H and O–H groups in total. The van der Waals surface area contributed by atoms with Crippen molar-refractivity contribution < 1.29 is 9.72 Å². The first-order valence-corrected chi connectivity index (χ1v) is 7.59. The molecular formula is C15H19ClN2O3. The number of nitrogens with one attached hydrogen (secondary N) is 1. The van der Waals surface area contributed by atoms with Gasteiger partial charge in [0.2, 0.25) is 0 Å². The highest BCUT2D eigenvalue weighted by molar-refractivity contribution is 6.20. The molecule has 1 aliphatic rings. The molecular weight excluding hydrogens is 292 g/mol. The zero-order chi connectivity index (χ0) is 15.4. The molecule has 0 radical (unpaired) electrons. The van der Waals surface area contributed by atoms with Gasteiger partial charge in [0, 0.05) is 18.0 Å². The highest BCUT2D eigenvalue weighted by atomic mass is 35.5. The van der Waals surface area contributed by atoms with E-state index in [1.807, 2.05) is 0 Å². The van der Waals surface area contributed by atoms with Gasteiger partial charge in [-0.2, -0.15) is 0 Å². The summed E-state index contributed by atoms with van der Waals surface area (Å²) in [7, 11) is 0. The zero-order valence-electron chi connectivity index (χ0n) is 12.0. The van der Waals surface area contributed by atoms with E-state index < -0.39 is 4.92 Å². The van der Waals surface area contributed by atoms with Gasteiger partial charge in [-0.3, -0.25) is 14.9 Å². The van der Waals surface area contributed by atoms with E-state index in [4.69, 9.17) is 11.6 Å². The van der Waals surface area contributed by atoms with Gasteiger partial charge in [0.25, 0.3) is 11.6 Å². The van der Waals surface area contributed by atoms with Gasteiger partial charge < -0.3 is 5.32 Å². The average Bonchev–Trinajstić information content (AvgIpc) is 2.46. The first-order chi connectivity index (χ1) is 9.99. The summed E-state index contributed by atoms with van der Waals surface area (Å²) >= 11 is 6.05. The number of nitro benzene ring substituents is 1. The van der Waals surface area contributed by atoms with Crippen LogP contribution in [0.25, 0.3) is 0 Å². The van der Waals surface area contributed by atoms with E-state index in [0.29, 0.717) is 18.0 Å². The van der Waals surface area contributed by atoms with Gasteiger partial charge >= 0.3 is 0 Å². The monoisotopic (exact) mass is 310 g/mol. The molecule has 0 atom stereocenters. The molecule has 1 saturated carbocycles. The number of nitro groups is 1. The molecule has 21 heavy (non-hydrogen) atoms. The molecule has 2 rings (SSSR count). The Morgan fingerprint density at radius 1 is 1.38 bits per heavy atom. The van der Waals surface area contributed by atoms with E-state index in [-0.39, 0.29) is 22.5 Å². The molecule has 0 spiro atoms. The van der Waals surface area contributed by atoms with E-state index in [1.165, 1.54) is 6.07 Å². The Bertz CT molecular complexity index is 540. The lowest BCUT2D eigenvalue weighted by atomic mass is 9.89. The minimum Gasteiger partial charge on any atom is -0.352 e. The number of hydrogen-bond donors (Lipinski definition) is 1. The maximum Gasteiger partial charge on any atom is 0.282 e. The molecule has 1 aliphatic carbocycles. The summed E-state index contributed by atoms with van der Waals surface area (Å²) in [5, 5.41) is 14.1. The van der Waals surface area contributed by atoms with Crippen LogP contribution in [-0.4, -0.2) is 22.8 Å². The van der Waals surface area contributed by atoms with Crippen molar-refractivity contribution in [3.63, 3.8) is 0 Å². The number of halogens is 1. The maximum absolute atomic E-state index is 12.3. The van der Waals surface area contributed by atoms with Crippen LogP contribution in [0.4, 0.5) is 5.69 Å². The third-order valence-electron chi connectivity index (χ3n) is 4.00. The molecule has 0 aromatic heterocycles. The number of carbonyl (C=O) groups is 1. The molecule has 6 heteroatoms. The Kier molecular flexibility index (Phi) is 5.17. The summed E-state index contributed by atoms with van der Waals surface area (Å²) in [5.41, 5.74) is 0.636. The van der Waals surface area contributed by atoms with Crippen LogP contribution < -0.4 is 5.32 Å². The maximum atomic E-state index is 12.3. The second kappa shape index (κ2) is 6.89. The van der Waals surface area contributed by atoms with Crippen LogP contribution in [0.2, 0.25) is 0 Å². The van der Waals surface area contributed by atoms with Crippen molar-refractivity contribution in [2.24, 2.45) is 5.92 Å². The molecule has 5 nitrogen and oxygen atoms in total. The van der Waals surface area contributed by atoms with Crippen molar-refractivity contribution in [3.05, 3.63) is 39.4 Å². The molecule has 1 aromatic rings. The number of amides is 1. The number of aryl methyl sites for hydroxylation is 1. The predicted molar refractivity (Wildman–Crippen MR) is 81.8 cm³/mol. The standard InChI is InChI=1S/C15H19ClN2O3/c1-10-3-2-4-13(18(20)21)14(10)15(19)17-9-11-5-7-12(16)8-6-11/h2-4,11-12H,5-9H2,1H3,(H,17,19). The fourth-order valence-corrected chi connectivity index (χ4v) is 3.00. The fraction of sp³-hybridized carbons (Fsp3) is 0.533. The first-order valence-electron chi connectivity index (χ1n) is 7.15. The Balaban J connectivity index is 2.02. The third-order valence-corrected chi connectivity index (χ3v) is 4.44. The molecule has 1 fully saturated rings. The third kappa shape index (κ3) is 3.94. The minimum absolute atomic E-state index is 0.142. The zero-order valence-corrected chi connectivity index (χ0v) is 12.7. The minimum atomic E-state index is -0.513. The van der Waals surface area contributed by atoms with Gasteiger partial charge in [0.15, 0.2) is 0 Å². The fourth-order valence-electron chi connectivity index (χ4n) is 2.75. The molecule has 0 heterocycles. The van der Waals surface area contributed by atoms with Crippen molar-refractivity contribution in [1.29, 1.82) is 0 Å². The van der Waals surface area contributed by atoms with Crippen LogP contribution in [0, 0.1) is 23.0 Å². The van der Waals surface area contributed by atoms with E-state index >= 15 is 0 Å². The van der Waals surface area contributed by atoms with Crippen molar-refractivity contribution in [1.82, 2.24) is 5.32 Å². The SMILES string of the molecule is Cc1cccc([N+](=O)[O-])c1C(=O)NCC1CCC(Cl)CC1. The van der Waals surface area contributed by atoms with Gasteiger partial charge in [-0.25, -0.2) is 0 Å². The van der Waals surface area contributed by atoms with Crippen LogP contribution in [0.3, 0.4) is 0 Å². The molecule has 0 saturated heterocycles. The van der Waals surface area contributed by atoms with Gasteiger partial charge in [-0.15, -0.1) is 11.6 Å². The Morgan fingerprint density at radius 2 is 2.05 bits per heavy atom. The molecule has 0 aliphatic heterocycles. The number of benzene rings is 1. The summed E-state index contributed by atoms with van der Waals surface area (Å²) in [6.45, 7) is 2.26. The summed E-state index contributed by atoms with van der Waals surface area (Å²) in [6, 6.07) is 4.66. The van der Waals surface area contributed by atoms with E-state index in [9.17, 15) is 14.9 Å². The van der Waals surface area contributed by atoms with E-state index in [0.717, 1.165) is 25.7 Å². The summed E-state index contributed by atoms with van der Waals surface area (Å²) in [5.74, 6) is 0.0415. The number of rotatable bonds is 4. The summed E-state index contributed by atoms with van der Waals surface area (Å²) < 4.78 is 0. The lowest BCUT2D eigenvalue weighted by Gasteiger charge is -2.25. The number of carbonyl (C=O) groups excluding carboxylic acids is 1. The first kappa shape index (κ1) is 15.8. The molecule has 1 amide bonds. The highest BCUT2D eigenvalue weighted by Gasteiger charge is 2.24. The van der Waals surface area contributed by atoms with Gasteiger partial charge in [-0.1, -0.05) is 12.1 Å². The quantitative estimate of drug-likeness (QED) is 0.526. The van der Waals surface area contributed by atoms with Gasteiger partial charge in [-0.05, 0) is 44.1 Å². The predicted octanol–water partition coefficient (Wildman–Crippen LogP) is 3.43. The number of hydrogen-bond acceptors (Lipinski definition) is 3. The van der Waals surface area contributed by atoms with E-state index in [1.54, 1.807) is 19.1 Å². The van der Waals surface area contributed by atoms with Crippen molar-refractivity contribution in [3.8, 4) is 0 Å². The summed E-state index contributed by atoms with van der Waals surface area (Å²) in [4.78, 5) is 22.8. The molecule has 1 aromatic carbocycles. The van der Waals surface area contributed by atoms with Crippen LogP contribution in [0.15, 0.2) is 18.2 Å². The normalized spacial score (nSPS) is 21.8. The lowest BCUT2D eigenvalue weighted by Crippen LogP contribution is -2.32. The second-order valence-corrected chi connectivity index (χ2v) is 6.17. The highest BCUT2D eigenvalue weighted by Crippen LogP contribution is 2.27. The number of nitrogens with zero attached hydrogens (tertiary/aromatic N) is 1. The largest absolute Gasteiger partial charge is 0.352 e. The van der Waals surface area contributed by atoms with Crippen LogP contribution in [-0.2, 0) is 0 Å². The molecule has 0 bridgehead atoms. The Morgan fingerprint density at radius 3 is 2.67 bits per heavy atom. The van der Waals surface area contributed by atoms with Crippen molar-refractivity contribution in [2.75, 3.05) is 6.54 Å². The topological polar surface area (TPSA) is 72.2 Å². The van der Waals surface area contributed by atoms with Gasteiger partial charge in [0.05, 0.1) is 4.92 Å². The van der Waals surface area contributed by atoms with Crippen molar-refractivity contribution >= 4 is 23.2 Å². The Hall–Kier alpha value is -1.62. The van der Waals surface area contributed by atoms with Crippen molar-refractivity contribution in [2.45, 2.75) is 38.0 Å². The van der Waals surface area contributed by atoms with Crippen LogP contribution >= 0.6 is 11.6 Å². The Labute approximate surface area is 128 Å². The van der Waals surface area contributed by atoms with Crippen LogP contribution in [0.5, 0.6) is 0 Å². The number of alkyl halides is 1. The lowest BCUT2D eigenvalue weighted by molar-refractivity contribution is -0.385. The smallest absolute Gasteiger partial charge is 0.282 e.